The first kappa shape index (κ1) is 21.4. The van der Waals surface area contributed by atoms with E-state index in [0.717, 1.165) is 0 Å². The van der Waals surface area contributed by atoms with Crippen molar-refractivity contribution >= 4 is 12.2 Å². The van der Waals surface area contributed by atoms with E-state index in [1.54, 1.807) is 58.6 Å². The SMILES string of the molecule is CC(C)(C)OC(=O)N1CCN(C(=O)Oc2ccccc2)C(COc2cccnc2)C1. The minimum atomic E-state index is -0.595. The van der Waals surface area contributed by atoms with Crippen molar-refractivity contribution in [3.63, 3.8) is 0 Å². The highest BCUT2D eigenvalue weighted by Crippen LogP contribution is 2.19. The maximum absolute atomic E-state index is 12.8. The lowest BCUT2D eigenvalue weighted by Gasteiger charge is -2.40. The summed E-state index contributed by atoms with van der Waals surface area (Å²) in [5.74, 6) is 1.05. The van der Waals surface area contributed by atoms with E-state index in [9.17, 15) is 9.59 Å². The first-order valence-electron chi connectivity index (χ1n) is 9.86. The van der Waals surface area contributed by atoms with Gasteiger partial charge in [-0.3, -0.25) is 9.88 Å². The highest BCUT2D eigenvalue weighted by atomic mass is 16.6. The summed E-state index contributed by atoms with van der Waals surface area (Å²) in [5, 5.41) is 0. The van der Waals surface area contributed by atoms with Gasteiger partial charge in [0.15, 0.2) is 0 Å². The van der Waals surface area contributed by atoms with Crippen LogP contribution < -0.4 is 9.47 Å². The summed E-state index contributed by atoms with van der Waals surface area (Å²) in [5.41, 5.74) is -0.595. The summed E-state index contributed by atoms with van der Waals surface area (Å²) < 4.78 is 16.8. The van der Waals surface area contributed by atoms with Gasteiger partial charge in [-0.1, -0.05) is 18.2 Å². The van der Waals surface area contributed by atoms with Gasteiger partial charge < -0.3 is 19.1 Å². The fourth-order valence-electron chi connectivity index (χ4n) is 3.00. The molecule has 30 heavy (non-hydrogen) atoms. The van der Waals surface area contributed by atoms with Crippen LogP contribution in [0.1, 0.15) is 20.8 Å². The number of piperazine rings is 1. The molecule has 2 heterocycles. The summed E-state index contributed by atoms with van der Waals surface area (Å²) in [6.45, 7) is 6.59. The maximum atomic E-state index is 12.8. The van der Waals surface area contributed by atoms with Crippen molar-refractivity contribution in [3.05, 3.63) is 54.9 Å². The maximum Gasteiger partial charge on any atom is 0.415 e. The van der Waals surface area contributed by atoms with Crippen LogP contribution in [0.3, 0.4) is 0 Å². The first-order chi connectivity index (χ1) is 14.3. The molecule has 1 atom stereocenters. The summed E-state index contributed by atoms with van der Waals surface area (Å²) in [4.78, 5) is 32.5. The predicted octanol–water partition coefficient (Wildman–Crippen LogP) is 3.58. The van der Waals surface area contributed by atoms with E-state index < -0.39 is 23.8 Å². The lowest BCUT2D eigenvalue weighted by molar-refractivity contribution is 0.000828. The van der Waals surface area contributed by atoms with Crippen molar-refractivity contribution in [1.29, 1.82) is 0 Å². The van der Waals surface area contributed by atoms with E-state index in [2.05, 4.69) is 4.98 Å². The molecule has 160 valence electrons. The minimum absolute atomic E-state index is 0.189. The zero-order chi connectivity index (χ0) is 21.6. The minimum Gasteiger partial charge on any atom is -0.490 e. The Morgan fingerprint density at radius 3 is 2.43 bits per heavy atom. The van der Waals surface area contributed by atoms with Crippen LogP contribution in [0.5, 0.6) is 11.5 Å². The third-order valence-electron chi connectivity index (χ3n) is 4.39. The van der Waals surface area contributed by atoms with Crippen molar-refractivity contribution in [2.24, 2.45) is 0 Å². The van der Waals surface area contributed by atoms with E-state index >= 15 is 0 Å². The van der Waals surface area contributed by atoms with E-state index in [4.69, 9.17) is 14.2 Å². The van der Waals surface area contributed by atoms with E-state index in [1.165, 1.54) is 0 Å². The molecule has 1 fully saturated rings. The van der Waals surface area contributed by atoms with Gasteiger partial charge in [-0.05, 0) is 45.0 Å². The van der Waals surface area contributed by atoms with E-state index in [1.807, 2.05) is 26.8 Å². The Hall–Kier alpha value is -3.29. The van der Waals surface area contributed by atoms with Crippen LogP contribution in [0.2, 0.25) is 0 Å². The number of rotatable bonds is 4. The number of aromatic nitrogens is 1. The highest BCUT2D eigenvalue weighted by molar-refractivity contribution is 5.72. The molecule has 1 aliphatic heterocycles. The van der Waals surface area contributed by atoms with Crippen LogP contribution in [0, 0.1) is 0 Å². The highest BCUT2D eigenvalue weighted by Gasteiger charge is 2.35. The number of pyridine rings is 1. The summed E-state index contributed by atoms with van der Waals surface area (Å²) in [7, 11) is 0. The number of hydrogen-bond donors (Lipinski definition) is 0. The number of benzene rings is 1. The van der Waals surface area contributed by atoms with Crippen LogP contribution >= 0.6 is 0 Å². The second-order valence-electron chi connectivity index (χ2n) is 7.95. The van der Waals surface area contributed by atoms with Crippen LogP contribution in [-0.4, -0.2) is 64.9 Å². The number of amides is 2. The molecule has 8 heteroatoms. The second kappa shape index (κ2) is 9.47. The third kappa shape index (κ3) is 6.10. The van der Waals surface area contributed by atoms with Gasteiger partial charge >= 0.3 is 12.2 Å². The smallest absolute Gasteiger partial charge is 0.415 e. The molecule has 3 rings (SSSR count). The van der Waals surface area contributed by atoms with Crippen LogP contribution in [0.15, 0.2) is 54.9 Å². The molecule has 1 aromatic carbocycles. The molecular formula is C22H27N3O5. The number of carbonyl (C=O) groups excluding carboxylic acids is 2. The molecule has 1 aromatic heterocycles. The van der Waals surface area contributed by atoms with Gasteiger partial charge in [-0.25, -0.2) is 9.59 Å². The van der Waals surface area contributed by atoms with Gasteiger partial charge in [0.25, 0.3) is 0 Å². The molecule has 8 nitrogen and oxygen atoms in total. The lowest BCUT2D eigenvalue weighted by Crippen LogP contribution is -2.59. The topological polar surface area (TPSA) is 81.2 Å². The molecule has 1 saturated heterocycles. The molecule has 1 unspecified atom stereocenters. The van der Waals surface area contributed by atoms with Gasteiger partial charge in [-0.15, -0.1) is 0 Å². The summed E-state index contributed by atoms with van der Waals surface area (Å²) in [6.07, 6.45) is 2.36. The molecule has 2 aromatic rings. The van der Waals surface area contributed by atoms with E-state index in [0.29, 0.717) is 24.6 Å². The van der Waals surface area contributed by atoms with Crippen molar-refractivity contribution in [1.82, 2.24) is 14.8 Å². The standard InChI is InChI=1S/C22H27N3O5/c1-22(2,3)30-20(26)24-12-13-25(21(27)29-18-8-5-4-6-9-18)17(15-24)16-28-19-10-7-11-23-14-19/h4-11,14,17H,12-13,15-16H2,1-3H3. The molecule has 0 bridgehead atoms. The van der Waals surface area contributed by atoms with Gasteiger partial charge in [0.2, 0.25) is 0 Å². The van der Waals surface area contributed by atoms with E-state index in [-0.39, 0.29) is 13.2 Å². The average molecular weight is 413 g/mol. The quantitative estimate of drug-likeness (QED) is 0.762. The molecule has 1 aliphatic rings. The molecule has 0 saturated carbocycles. The fourth-order valence-corrected chi connectivity index (χ4v) is 3.00. The Morgan fingerprint density at radius 1 is 1.03 bits per heavy atom. The molecule has 2 amide bonds. The van der Waals surface area contributed by atoms with Crippen molar-refractivity contribution in [2.75, 3.05) is 26.2 Å². The van der Waals surface area contributed by atoms with Crippen LogP contribution in [-0.2, 0) is 4.74 Å². The van der Waals surface area contributed by atoms with Crippen LogP contribution in [0.25, 0.3) is 0 Å². The molecular weight excluding hydrogens is 386 g/mol. The van der Waals surface area contributed by atoms with Gasteiger partial charge in [-0.2, -0.15) is 0 Å². The van der Waals surface area contributed by atoms with Crippen molar-refractivity contribution in [3.8, 4) is 11.5 Å². The Kier molecular flexibility index (Phi) is 6.76. The normalized spacial score (nSPS) is 16.7. The van der Waals surface area contributed by atoms with Crippen molar-refractivity contribution < 1.29 is 23.8 Å². The lowest BCUT2D eigenvalue weighted by atomic mass is 10.2. The number of hydrogen-bond acceptors (Lipinski definition) is 6. The third-order valence-corrected chi connectivity index (χ3v) is 4.39. The fraction of sp³-hybridized carbons (Fsp3) is 0.409. The van der Waals surface area contributed by atoms with Gasteiger partial charge in [0.1, 0.15) is 23.7 Å². The Bertz CT molecular complexity index is 839. The summed E-state index contributed by atoms with van der Waals surface area (Å²) >= 11 is 0. The molecule has 0 N–H and O–H groups in total. The van der Waals surface area contributed by atoms with Crippen LogP contribution in [0.4, 0.5) is 9.59 Å². The number of nitrogens with zero attached hydrogens (tertiary/aromatic N) is 3. The molecule has 0 radical (unpaired) electrons. The van der Waals surface area contributed by atoms with Crippen molar-refractivity contribution in [2.45, 2.75) is 32.4 Å². The average Bonchev–Trinajstić information content (AvgIpc) is 2.72. The zero-order valence-electron chi connectivity index (χ0n) is 17.5. The number of ether oxygens (including phenoxy) is 3. The Labute approximate surface area is 176 Å². The monoisotopic (exact) mass is 413 g/mol. The summed E-state index contributed by atoms with van der Waals surface area (Å²) in [6, 6.07) is 12.0. The molecule has 0 aliphatic carbocycles. The number of para-hydroxylation sites is 1. The Morgan fingerprint density at radius 2 is 1.77 bits per heavy atom. The molecule has 0 spiro atoms. The predicted molar refractivity (Wildman–Crippen MR) is 110 cm³/mol. The first-order valence-corrected chi connectivity index (χ1v) is 9.86. The zero-order valence-corrected chi connectivity index (χ0v) is 17.5. The van der Waals surface area contributed by atoms with Gasteiger partial charge in [0.05, 0.1) is 12.2 Å². The largest absolute Gasteiger partial charge is 0.490 e. The van der Waals surface area contributed by atoms with Gasteiger partial charge in [0, 0.05) is 25.8 Å². The second-order valence-corrected chi connectivity index (χ2v) is 7.95. The Balaban J connectivity index is 1.70. The number of carbonyl (C=O) groups is 2.